The highest BCUT2D eigenvalue weighted by atomic mass is 35.5. The lowest BCUT2D eigenvalue weighted by atomic mass is 10.0. The Morgan fingerprint density at radius 1 is 1.54 bits per heavy atom. The lowest BCUT2D eigenvalue weighted by molar-refractivity contribution is 0.609. The molecule has 1 atom stereocenters. The van der Waals surface area contributed by atoms with Crippen LogP contribution in [0.15, 0.2) is 12.1 Å². The van der Waals surface area contributed by atoms with Crippen LogP contribution < -0.4 is 5.73 Å². The fraction of sp³-hybridized carbons (Fsp3) is 0.333. The van der Waals surface area contributed by atoms with E-state index in [0.29, 0.717) is 11.3 Å². The third-order valence-electron chi connectivity index (χ3n) is 2.18. The zero-order chi connectivity index (χ0) is 9.42. The first-order chi connectivity index (χ1) is 6.20. The Morgan fingerprint density at radius 3 is 3.08 bits per heavy atom. The first-order valence-corrected chi connectivity index (χ1v) is 5.53. The molecule has 0 aliphatic carbocycles. The molecule has 0 aromatic heterocycles. The quantitative estimate of drug-likeness (QED) is 0.723. The number of rotatable bonds is 0. The molecule has 0 amide bonds. The van der Waals surface area contributed by atoms with Crippen molar-refractivity contribution >= 4 is 23.4 Å². The molecule has 13 heavy (non-hydrogen) atoms. The summed E-state index contributed by atoms with van der Waals surface area (Å²) >= 11 is 7.31. The van der Waals surface area contributed by atoms with Gasteiger partial charge in [-0.15, -0.1) is 0 Å². The Bertz CT molecular complexity index is 343. The van der Waals surface area contributed by atoms with E-state index in [-0.39, 0.29) is 16.9 Å². The van der Waals surface area contributed by atoms with Gasteiger partial charge in [0.2, 0.25) is 0 Å². The van der Waals surface area contributed by atoms with Gasteiger partial charge in [-0.3, -0.25) is 0 Å². The summed E-state index contributed by atoms with van der Waals surface area (Å²) in [5.74, 6) is 1.23. The molecule has 4 heteroatoms. The van der Waals surface area contributed by atoms with Crippen molar-refractivity contribution in [3.63, 3.8) is 0 Å². The zero-order valence-corrected chi connectivity index (χ0v) is 8.46. The standard InChI is InChI=1S/C9H9ClFNS/c10-7-2-1-5-6(9(7)11)3-13-4-8(5)12/h1-2,8H,3-4,12H2/t8-/m1/s1. The van der Waals surface area contributed by atoms with Gasteiger partial charge in [0, 0.05) is 23.1 Å². The second-order valence-electron chi connectivity index (χ2n) is 3.05. The van der Waals surface area contributed by atoms with Gasteiger partial charge in [-0.25, -0.2) is 4.39 Å². The number of halogens is 2. The summed E-state index contributed by atoms with van der Waals surface area (Å²) in [6, 6.07) is 3.34. The van der Waals surface area contributed by atoms with Crippen LogP contribution in [-0.4, -0.2) is 5.75 Å². The summed E-state index contributed by atoms with van der Waals surface area (Å²) in [7, 11) is 0. The van der Waals surface area contributed by atoms with E-state index in [9.17, 15) is 4.39 Å². The topological polar surface area (TPSA) is 26.0 Å². The fourth-order valence-corrected chi connectivity index (χ4v) is 2.71. The van der Waals surface area contributed by atoms with Gasteiger partial charge in [-0.1, -0.05) is 17.7 Å². The predicted molar refractivity (Wildman–Crippen MR) is 54.5 cm³/mol. The molecule has 0 radical (unpaired) electrons. The van der Waals surface area contributed by atoms with E-state index >= 15 is 0 Å². The minimum atomic E-state index is -0.304. The third-order valence-corrected chi connectivity index (χ3v) is 3.56. The molecule has 1 aromatic rings. The van der Waals surface area contributed by atoms with Crippen LogP contribution in [0, 0.1) is 5.82 Å². The Kier molecular flexibility index (Phi) is 2.49. The summed E-state index contributed by atoms with van der Waals surface area (Å²) < 4.78 is 13.5. The lowest BCUT2D eigenvalue weighted by Crippen LogP contribution is -2.19. The summed E-state index contributed by atoms with van der Waals surface area (Å²) in [4.78, 5) is 0. The zero-order valence-electron chi connectivity index (χ0n) is 6.89. The molecule has 0 bridgehead atoms. The van der Waals surface area contributed by atoms with Crippen LogP contribution in [0.4, 0.5) is 4.39 Å². The predicted octanol–water partition coefficient (Wildman–Crippen LogP) is 2.73. The summed E-state index contributed by atoms with van der Waals surface area (Å²) in [6.07, 6.45) is 0. The summed E-state index contributed by atoms with van der Waals surface area (Å²) in [5.41, 5.74) is 7.42. The summed E-state index contributed by atoms with van der Waals surface area (Å²) in [6.45, 7) is 0. The van der Waals surface area contributed by atoms with E-state index in [4.69, 9.17) is 17.3 Å². The molecule has 0 unspecified atom stereocenters. The van der Waals surface area contributed by atoms with Crippen molar-refractivity contribution in [2.24, 2.45) is 5.73 Å². The largest absolute Gasteiger partial charge is 0.323 e. The first-order valence-electron chi connectivity index (χ1n) is 4.00. The van der Waals surface area contributed by atoms with Crippen molar-refractivity contribution in [3.05, 3.63) is 34.1 Å². The van der Waals surface area contributed by atoms with E-state index in [0.717, 1.165) is 11.3 Å². The van der Waals surface area contributed by atoms with Crippen LogP contribution in [0.3, 0.4) is 0 Å². The Hall–Kier alpha value is -0.250. The molecular formula is C9H9ClFNS. The van der Waals surface area contributed by atoms with Gasteiger partial charge in [0.1, 0.15) is 5.82 Å². The van der Waals surface area contributed by atoms with Crippen molar-refractivity contribution in [1.82, 2.24) is 0 Å². The van der Waals surface area contributed by atoms with Crippen LogP contribution in [0.2, 0.25) is 5.02 Å². The molecule has 2 N–H and O–H groups in total. The minimum absolute atomic E-state index is 0.0551. The molecule has 2 rings (SSSR count). The third kappa shape index (κ3) is 1.56. The molecule has 0 saturated heterocycles. The van der Waals surface area contributed by atoms with Gasteiger partial charge in [0.15, 0.2) is 0 Å². The molecule has 1 aliphatic heterocycles. The molecule has 0 saturated carbocycles. The number of fused-ring (bicyclic) bond motifs is 1. The van der Waals surface area contributed by atoms with E-state index in [1.165, 1.54) is 0 Å². The number of nitrogens with two attached hydrogens (primary N) is 1. The second-order valence-corrected chi connectivity index (χ2v) is 4.49. The molecule has 1 heterocycles. The summed E-state index contributed by atoms with van der Waals surface area (Å²) in [5, 5.41) is 0.188. The van der Waals surface area contributed by atoms with Gasteiger partial charge < -0.3 is 5.73 Å². The van der Waals surface area contributed by atoms with Gasteiger partial charge in [-0.2, -0.15) is 11.8 Å². The van der Waals surface area contributed by atoms with Crippen LogP contribution in [0.5, 0.6) is 0 Å². The van der Waals surface area contributed by atoms with Crippen LogP contribution >= 0.6 is 23.4 Å². The molecule has 0 spiro atoms. The maximum atomic E-state index is 13.5. The number of thioether (sulfide) groups is 1. The van der Waals surface area contributed by atoms with Crippen molar-refractivity contribution in [1.29, 1.82) is 0 Å². The molecular weight excluding hydrogens is 209 g/mol. The van der Waals surface area contributed by atoms with Crippen LogP contribution in [0.1, 0.15) is 17.2 Å². The smallest absolute Gasteiger partial charge is 0.146 e. The highest BCUT2D eigenvalue weighted by Gasteiger charge is 2.21. The normalized spacial score (nSPS) is 21.3. The van der Waals surface area contributed by atoms with E-state index < -0.39 is 0 Å². The van der Waals surface area contributed by atoms with Gasteiger partial charge >= 0.3 is 0 Å². The number of benzene rings is 1. The average molecular weight is 218 g/mol. The number of hydrogen-bond donors (Lipinski definition) is 1. The number of hydrogen-bond acceptors (Lipinski definition) is 2. The lowest BCUT2D eigenvalue weighted by Gasteiger charge is -2.22. The maximum Gasteiger partial charge on any atom is 0.146 e. The van der Waals surface area contributed by atoms with Crippen molar-refractivity contribution in [2.45, 2.75) is 11.8 Å². The fourth-order valence-electron chi connectivity index (χ4n) is 1.48. The highest BCUT2D eigenvalue weighted by molar-refractivity contribution is 7.98. The van der Waals surface area contributed by atoms with Gasteiger partial charge in [-0.05, 0) is 11.6 Å². The monoisotopic (exact) mass is 217 g/mol. The Labute approximate surface area is 85.5 Å². The highest BCUT2D eigenvalue weighted by Crippen LogP contribution is 2.34. The molecule has 70 valence electrons. The SMILES string of the molecule is N[C@@H]1CSCc2c1ccc(Cl)c2F. The molecule has 0 fully saturated rings. The van der Waals surface area contributed by atoms with Crippen molar-refractivity contribution in [3.8, 4) is 0 Å². The maximum absolute atomic E-state index is 13.5. The van der Waals surface area contributed by atoms with Crippen molar-refractivity contribution in [2.75, 3.05) is 5.75 Å². The van der Waals surface area contributed by atoms with E-state index in [1.54, 1.807) is 17.8 Å². The Morgan fingerprint density at radius 2 is 2.31 bits per heavy atom. The van der Waals surface area contributed by atoms with Crippen molar-refractivity contribution < 1.29 is 4.39 Å². The van der Waals surface area contributed by atoms with Crippen LogP contribution in [-0.2, 0) is 5.75 Å². The Balaban J connectivity index is 2.56. The first kappa shape index (κ1) is 9.31. The second kappa shape index (κ2) is 3.48. The van der Waals surface area contributed by atoms with E-state index in [1.807, 2.05) is 6.07 Å². The molecule has 1 aromatic carbocycles. The minimum Gasteiger partial charge on any atom is -0.323 e. The van der Waals surface area contributed by atoms with Crippen LogP contribution in [0.25, 0.3) is 0 Å². The van der Waals surface area contributed by atoms with E-state index in [2.05, 4.69) is 0 Å². The molecule has 1 nitrogen and oxygen atoms in total. The molecule has 1 aliphatic rings. The van der Waals surface area contributed by atoms with Gasteiger partial charge in [0.25, 0.3) is 0 Å². The van der Waals surface area contributed by atoms with Gasteiger partial charge in [0.05, 0.1) is 5.02 Å². The average Bonchev–Trinajstić information content (AvgIpc) is 2.12.